The van der Waals surface area contributed by atoms with Crippen LogP contribution in [0.3, 0.4) is 0 Å². The second-order valence-electron chi connectivity index (χ2n) is 3.67. The first kappa shape index (κ1) is 12.4. The standard InChI is InChI=1S/C10H5Br2NO4/c11-4-1-5(12)7(14)10(2-4)3-6(8(15)16)13-9(10)17/h1-2H,3H2,(H,15,16). The number of rotatable bonds is 1. The van der Waals surface area contributed by atoms with Gasteiger partial charge in [0, 0.05) is 10.9 Å². The van der Waals surface area contributed by atoms with Gasteiger partial charge in [0.15, 0.2) is 5.78 Å². The van der Waals surface area contributed by atoms with E-state index in [2.05, 4.69) is 36.9 Å². The Bertz CT molecular complexity index is 547. The van der Waals surface area contributed by atoms with Crippen LogP contribution in [-0.4, -0.2) is 28.5 Å². The second kappa shape index (κ2) is 3.99. The van der Waals surface area contributed by atoms with Crippen molar-refractivity contribution < 1.29 is 19.5 Å². The molecular formula is C10H5Br2NO4. The van der Waals surface area contributed by atoms with Crippen LogP contribution in [-0.2, 0) is 14.4 Å². The Labute approximate surface area is 113 Å². The van der Waals surface area contributed by atoms with Crippen LogP contribution in [0.15, 0.2) is 26.1 Å². The van der Waals surface area contributed by atoms with Crippen LogP contribution in [0.4, 0.5) is 0 Å². The van der Waals surface area contributed by atoms with Crippen LogP contribution in [0, 0.1) is 5.41 Å². The number of aliphatic imine (C=N–C) groups is 1. The smallest absolute Gasteiger partial charge is 0.350 e. The number of ketones is 1. The van der Waals surface area contributed by atoms with Crippen molar-refractivity contribution in [1.82, 2.24) is 0 Å². The molecule has 1 spiro atoms. The van der Waals surface area contributed by atoms with E-state index in [0.29, 0.717) is 4.48 Å². The van der Waals surface area contributed by atoms with Gasteiger partial charge in [-0.3, -0.25) is 9.59 Å². The van der Waals surface area contributed by atoms with Gasteiger partial charge in [0.05, 0.1) is 4.48 Å². The van der Waals surface area contributed by atoms with Crippen molar-refractivity contribution in [2.24, 2.45) is 10.4 Å². The number of hydrogen-bond donors (Lipinski definition) is 1. The molecule has 1 unspecified atom stereocenters. The number of carbonyl (C=O) groups excluding carboxylic acids is 2. The zero-order valence-corrected chi connectivity index (χ0v) is 11.4. The minimum absolute atomic E-state index is 0.210. The molecule has 1 amide bonds. The third kappa shape index (κ3) is 1.83. The Morgan fingerprint density at radius 1 is 1.41 bits per heavy atom. The number of hydrogen-bond acceptors (Lipinski definition) is 3. The predicted octanol–water partition coefficient (Wildman–Crippen LogP) is 1.57. The average molecular weight is 363 g/mol. The van der Waals surface area contributed by atoms with Crippen LogP contribution in [0.2, 0.25) is 0 Å². The lowest BCUT2D eigenvalue weighted by molar-refractivity contribution is -0.133. The highest BCUT2D eigenvalue weighted by Gasteiger charge is 2.52. The first-order chi connectivity index (χ1) is 7.86. The van der Waals surface area contributed by atoms with Gasteiger partial charge in [-0.2, -0.15) is 0 Å². The van der Waals surface area contributed by atoms with E-state index in [1.54, 1.807) is 0 Å². The number of Topliss-reactive ketones (excluding diaryl/α,β-unsaturated/α-hetero) is 1. The number of carbonyl (C=O) groups is 3. The van der Waals surface area contributed by atoms with Crippen LogP contribution in [0.5, 0.6) is 0 Å². The molecule has 17 heavy (non-hydrogen) atoms. The van der Waals surface area contributed by atoms with Gasteiger partial charge in [-0.05, 0) is 28.1 Å². The van der Waals surface area contributed by atoms with E-state index in [0.717, 1.165) is 0 Å². The van der Waals surface area contributed by atoms with E-state index in [1.165, 1.54) is 12.2 Å². The van der Waals surface area contributed by atoms with Gasteiger partial charge < -0.3 is 5.11 Å². The predicted molar refractivity (Wildman–Crippen MR) is 66.2 cm³/mol. The van der Waals surface area contributed by atoms with Crippen LogP contribution in [0.25, 0.3) is 0 Å². The Balaban J connectivity index is 2.48. The molecule has 2 rings (SSSR count). The van der Waals surface area contributed by atoms with Gasteiger partial charge in [0.1, 0.15) is 11.1 Å². The Hall–Kier alpha value is -1.08. The van der Waals surface area contributed by atoms with Gasteiger partial charge in [0.25, 0.3) is 5.91 Å². The zero-order chi connectivity index (χ0) is 12.8. The highest BCUT2D eigenvalue weighted by Crippen LogP contribution is 2.42. The minimum atomic E-state index is -1.50. The summed E-state index contributed by atoms with van der Waals surface area (Å²) in [6.45, 7) is 0. The summed E-state index contributed by atoms with van der Waals surface area (Å²) in [4.78, 5) is 38.0. The third-order valence-electron chi connectivity index (χ3n) is 2.58. The SMILES string of the molecule is O=C(O)C1=NC(=O)C2(C=C(Br)C=C(Br)C2=O)C1. The Kier molecular flexibility index (Phi) is 2.90. The molecule has 1 aliphatic carbocycles. The van der Waals surface area contributed by atoms with Gasteiger partial charge in [-0.1, -0.05) is 15.9 Å². The number of halogens is 2. The van der Waals surface area contributed by atoms with Crippen molar-refractivity contribution >= 4 is 55.2 Å². The highest BCUT2D eigenvalue weighted by atomic mass is 79.9. The summed E-state index contributed by atoms with van der Waals surface area (Å²) in [6, 6.07) is 0. The number of aliphatic carboxylic acids is 1. The van der Waals surface area contributed by atoms with Crippen molar-refractivity contribution in [3.05, 3.63) is 21.1 Å². The zero-order valence-electron chi connectivity index (χ0n) is 8.24. The molecule has 0 aromatic heterocycles. The molecule has 1 N–H and O–H groups in total. The van der Waals surface area contributed by atoms with E-state index >= 15 is 0 Å². The van der Waals surface area contributed by atoms with Crippen molar-refractivity contribution in [3.8, 4) is 0 Å². The summed E-state index contributed by atoms with van der Waals surface area (Å²) in [5.41, 5.74) is -1.79. The van der Waals surface area contributed by atoms with E-state index in [-0.39, 0.29) is 16.6 Å². The number of nitrogens with zero attached hydrogens (tertiary/aromatic N) is 1. The first-order valence-corrected chi connectivity index (χ1v) is 6.11. The fraction of sp³-hybridized carbons (Fsp3) is 0.200. The lowest BCUT2D eigenvalue weighted by atomic mass is 9.77. The van der Waals surface area contributed by atoms with Gasteiger partial charge in [-0.25, -0.2) is 9.79 Å². The van der Waals surface area contributed by atoms with Crippen LogP contribution < -0.4 is 0 Å². The highest BCUT2D eigenvalue weighted by molar-refractivity contribution is 9.12. The average Bonchev–Trinajstić information content (AvgIpc) is 2.54. The summed E-state index contributed by atoms with van der Waals surface area (Å²) in [7, 11) is 0. The molecule has 0 bridgehead atoms. The summed E-state index contributed by atoms with van der Waals surface area (Å²) in [5, 5.41) is 8.81. The van der Waals surface area contributed by atoms with Crippen molar-refractivity contribution in [2.75, 3.05) is 0 Å². The molecular weight excluding hydrogens is 358 g/mol. The molecule has 0 fully saturated rings. The van der Waals surface area contributed by atoms with E-state index in [9.17, 15) is 14.4 Å². The quantitative estimate of drug-likeness (QED) is 0.717. The van der Waals surface area contributed by atoms with Crippen molar-refractivity contribution in [1.29, 1.82) is 0 Å². The molecule has 1 aliphatic heterocycles. The first-order valence-electron chi connectivity index (χ1n) is 4.52. The topological polar surface area (TPSA) is 83.8 Å². The van der Waals surface area contributed by atoms with Crippen LogP contribution >= 0.6 is 31.9 Å². The maximum Gasteiger partial charge on any atom is 0.350 e. The Morgan fingerprint density at radius 2 is 2.06 bits per heavy atom. The number of carboxylic acid groups (broad SMARTS) is 1. The molecule has 0 radical (unpaired) electrons. The molecule has 88 valence electrons. The summed E-state index contributed by atoms with van der Waals surface area (Å²) < 4.78 is 0.765. The molecule has 0 aromatic rings. The molecule has 0 aromatic carbocycles. The third-order valence-corrected chi connectivity index (χ3v) is 3.63. The molecule has 0 saturated carbocycles. The molecule has 1 heterocycles. The summed E-state index contributed by atoms with van der Waals surface area (Å²) in [5.74, 6) is -2.48. The molecule has 0 saturated heterocycles. The number of carboxylic acids is 1. The molecule has 2 aliphatic rings. The van der Waals surface area contributed by atoms with Gasteiger partial charge in [-0.15, -0.1) is 0 Å². The Morgan fingerprint density at radius 3 is 2.59 bits per heavy atom. The van der Waals surface area contributed by atoms with E-state index < -0.39 is 23.1 Å². The summed E-state index contributed by atoms with van der Waals surface area (Å²) >= 11 is 6.23. The maximum atomic E-state index is 12.0. The molecule has 5 nitrogen and oxygen atoms in total. The fourth-order valence-electron chi connectivity index (χ4n) is 1.76. The van der Waals surface area contributed by atoms with E-state index in [4.69, 9.17) is 5.11 Å². The second-order valence-corrected chi connectivity index (χ2v) is 5.44. The maximum absolute atomic E-state index is 12.0. The lowest BCUT2D eigenvalue weighted by Gasteiger charge is -2.23. The molecule has 7 heteroatoms. The van der Waals surface area contributed by atoms with Gasteiger partial charge >= 0.3 is 5.97 Å². The number of amides is 1. The largest absolute Gasteiger partial charge is 0.477 e. The normalized spacial score (nSPS) is 28.0. The monoisotopic (exact) mass is 361 g/mol. The fourth-order valence-corrected chi connectivity index (χ4v) is 3.28. The van der Waals surface area contributed by atoms with Crippen molar-refractivity contribution in [3.63, 3.8) is 0 Å². The van der Waals surface area contributed by atoms with Crippen molar-refractivity contribution in [2.45, 2.75) is 6.42 Å². The van der Waals surface area contributed by atoms with Crippen LogP contribution in [0.1, 0.15) is 6.42 Å². The van der Waals surface area contributed by atoms with E-state index in [1.807, 2.05) is 0 Å². The lowest BCUT2D eigenvalue weighted by Crippen LogP contribution is -2.36. The minimum Gasteiger partial charge on any atom is -0.477 e. The number of allylic oxidation sites excluding steroid dienone is 3. The van der Waals surface area contributed by atoms with Gasteiger partial charge in [0.2, 0.25) is 0 Å². The molecule has 1 atom stereocenters. The summed E-state index contributed by atoms with van der Waals surface area (Å²) in [6.07, 6.45) is 2.71.